The molecule has 0 unspecified atom stereocenters. The number of carbonyl (C=O) groups excluding carboxylic acids is 2. The second-order valence-electron chi connectivity index (χ2n) is 4.54. The van der Waals surface area contributed by atoms with Crippen molar-refractivity contribution in [1.82, 2.24) is 4.90 Å². The van der Waals surface area contributed by atoms with Gasteiger partial charge in [0, 0.05) is 20.3 Å². The molecular weight excluding hydrogens is 285 g/mol. The third kappa shape index (κ3) is 5.68. The van der Waals surface area contributed by atoms with Crippen molar-refractivity contribution >= 4 is 11.8 Å². The van der Waals surface area contributed by atoms with E-state index in [0.29, 0.717) is 0 Å². The van der Waals surface area contributed by atoms with Gasteiger partial charge in [0.1, 0.15) is 11.4 Å². The molecule has 5 heteroatoms. The molecule has 122 valence electrons. The van der Waals surface area contributed by atoms with Crippen LogP contribution in [0.4, 0.5) is 4.39 Å². The molecule has 0 aliphatic rings. The highest BCUT2D eigenvalue weighted by Crippen LogP contribution is 2.16. The number of aryl methyl sites for hydroxylation is 1. The number of ether oxygens (including phenoxy) is 1. The maximum atomic E-state index is 13.8. The highest BCUT2D eigenvalue weighted by molar-refractivity contribution is 6.24. The Morgan fingerprint density at radius 1 is 1.27 bits per heavy atom. The topological polar surface area (TPSA) is 46.6 Å². The molecule has 0 N–H and O–H groups in total. The van der Waals surface area contributed by atoms with E-state index in [4.69, 9.17) is 4.74 Å². The van der Waals surface area contributed by atoms with Crippen LogP contribution in [-0.2, 0) is 9.53 Å². The number of hydrogen-bond donors (Lipinski definition) is 0. The molecule has 0 saturated carbocycles. The van der Waals surface area contributed by atoms with Crippen molar-refractivity contribution in [3.63, 3.8) is 0 Å². The predicted octanol–water partition coefficient (Wildman–Crippen LogP) is 3.35. The number of benzene rings is 1. The van der Waals surface area contributed by atoms with Gasteiger partial charge in [0.05, 0.1) is 12.2 Å². The molecule has 0 atom stereocenters. The summed E-state index contributed by atoms with van der Waals surface area (Å²) in [6.07, 6.45) is 1.34. The van der Waals surface area contributed by atoms with Crippen molar-refractivity contribution in [2.24, 2.45) is 0 Å². The van der Waals surface area contributed by atoms with Gasteiger partial charge in [-0.05, 0) is 26.0 Å². The van der Waals surface area contributed by atoms with E-state index in [-0.39, 0.29) is 17.7 Å². The number of esters is 1. The summed E-state index contributed by atoms with van der Waals surface area (Å²) in [5.74, 6) is -2.10. The monoisotopic (exact) mass is 309 g/mol. The summed E-state index contributed by atoms with van der Waals surface area (Å²) in [7, 11) is 3.33. The third-order valence-electron chi connectivity index (χ3n) is 2.49. The van der Waals surface area contributed by atoms with E-state index in [1.807, 2.05) is 13.8 Å². The molecule has 0 aliphatic heterocycles. The summed E-state index contributed by atoms with van der Waals surface area (Å²) >= 11 is 0. The molecule has 1 aromatic rings. The van der Waals surface area contributed by atoms with Crippen molar-refractivity contribution < 1.29 is 18.7 Å². The number of Topliss-reactive ketones (excluding diaryl/α,β-unsaturated/α-hetero) is 1. The van der Waals surface area contributed by atoms with Crippen LogP contribution in [0.2, 0.25) is 0 Å². The van der Waals surface area contributed by atoms with Crippen LogP contribution in [0, 0.1) is 12.7 Å². The number of ketones is 1. The minimum Gasteiger partial charge on any atom is -0.462 e. The smallest absolute Gasteiger partial charge is 0.343 e. The molecule has 0 fully saturated rings. The van der Waals surface area contributed by atoms with E-state index in [1.165, 1.54) is 23.2 Å². The first-order valence-corrected chi connectivity index (χ1v) is 7.23. The van der Waals surface area contributed by atoms with Crippen LogP contribution in [0.1, 0.15) is 36.7 Å². The minimum atomic E-state index is -0.757. The molecule has 4 nitrogen and oxygen atoms in total. The SMILES string of the molecule is CC.CCOC(=O)/C(=C\N(C)C)C(=O)c1cc(C)ccc1F. The maximum Gasteiger partial charge on any atom is 0.343 e. The van der Waals surface area contributed by atoms with E-state index < -0.39 is 17.6 Å². The number of nitrogens with zero attached hydrogens (tertiary/aromatic N) is 1. The first kappa shape index (κ1) is 19.8. The molecule has 0 amide bonds. The Morgan fingerprint density at radius 2 is 1.86 bits per heavy atom. The summed E-state index contributed by atoms with van der Waals surface area (Å²) in [5.41, 5.74) is 0.412. The fraction of sp³-hybridized carbons (Fsp3) is 0.412. The lowest BCUT2D eigenvalue weighted by Crippen LogP contribution is -2.20. The van der Waals surface area contributed by atoms with E-state index in [0.717, 1.165) is 5.56 Å². The molecule has 0 aromatic heterocycles. The molecule has 0 heterocycles. The van der Waals surface area contributed by atoms with Gasteiger partial charge in [0.2, 0.25) is 5.78 Å². The highest BCUT2D eigenvalue weighted by Gasteiger charge is 2.24. The van der Waals surface area contributed by atoms with Crippen LogP contribution in [0.15, 0.2) is 30.0 Å². The summed E-state index contributed by atoms with van der Waals surface area (Å²) in [6.45, 7) is 7.53. The molecule has 0 radical (unpaired) electrons. The first-order chi connectivity index (χ1) is 10.4. The van der Waals surface area contributed by atoms with Crippen molar-refractivity contribution in [1.29, 1.82) is 0 Å². The Bertz CT molecular complexity index is 551. The zero-order valence-electron chi connectivity index (χ0n) is 14.1. The summed E-state index contributed by atoms with van der Waals surface area (Å²) < 4.78 is 18.6. The van der Waals surface area contributed by atoms with Crippen molar-refractivity contribution in [2.75, 3.05) is 20.7 Å². The van der Waals surface area contributed by atoms with Crippen LogP contribution >= 0.6 is 0 Å². The van der Waals surface area contributed by atoms with Crippen molar-refractivity contribution in [3.8, 4) is 0 Å². The van der Waals surface area contributed by atoms with Gasteiger partial charge in [-0.1, -0.05) is 25.5 Å². The largest absolute Gasteiger partial charge is 0.462 e. The molecule has 0 bridgehead atoms. The second-order valence-corrected chi connectivity index (χ2v) is 4.54. The molecule has 0 spiro atoms. The van der Waals surface area contributed by atoms with Gasteiger partial charge in [-0.15, -0.1) is 0 Å². The minimum absolute atomic E-state index is 0.133. The Morgan fingerprint density at radius 3 is 2.36 bits per heavy atom. The lowest BCUT2D eigenvalue weighted by atomic mass is 10.0. The van der Waals surface area contributed by atoms with E-state index in [2.05, 4.69) is 0 Å². The van der Waals surface area contributed by atoms with Gasteiger partial charge >= 0.3 is 5.97 Å². The Balaban J connectivity index is 0.00000211. The first-order valence-electron chi connectivity index (χ1n) is 7.23. The van der Waals surface area contributed by atoms with Gasteiger partial charge in [0.15, 0.2) is 0 Å². The zero-order chi connectivity index (χ0) is 17.3. The van der Waals surface area contributed by atoms with Crippen LogP contribution in [0.25, 0.3) is 0 Å². The third-order valence-corrected chi connectivity index (χ3v) is 2.49. The van der Waals surface area contributed by atoms with Crippen LogP contribution in [0.3, 0.4) is 0 Å². The summed E-state index contributed by atoms with van der Waals surface area (Å²) in [4.78, 5) is 25.7. The summed E-state index contributed by atoms with van der Waals surface area (Å²) in [5, 5.41) is 0. The fourth-order valence-corrected chi connectivity index (χ4v) is 1.63. The van der Waals surface area contributed by atoms with E-state index in [9.17, 15) is 14.0 Å². The van der Waals surface area contributed by atoms with Crippen molar-refractivity contribution in [2.45, 2.75) is 27.7 Å². The lowest BCUT2D eigenvalue weighted by molar-refractivity contribution is -0.138. The number of carbonyl (C=O) groups is 2. The highest BCUT2D eigenvalue weighted by atomic mass is 19.1. The van der Waals surface area contributed by atoms with Gasteiger partial charge in [-0.3, -0.25) is 4.79 Å². The number of rotatable bonds is 5. The average molecular weight is 309 g/mol. The molecule has 0 aliphatic carbocycles. The van der Waals surface area contributed by atoms with Crippen LogP contribution in [0.5, 0.6) is 0 Å². The predicted molar refractivity (Wildman–Crippen MR) is 85.2 cm³/mol. The van der Waals surface area contributed by atoms with Gasteiger partial charge < -0.3 is 9.64 Å². The van der Waals surface area contributed by atoms with Crippen molar-refractivity contribution in [3.05, 3.63) is 46.9 Å². The van der Waals surface area contributed by atoms with Gasteiger partial charge in [-0.2, -0.15) is 0 Å². The zero-order valence-corrected chi connectivity index (χ0v) is 14.1. The Hall–Kier alpha value is -2.17. The van der Waals surface area contributed by atoms with Crippen LogP contribution in [-0.4, -0.2) is 37.4 Å². The quantitative estimate of drug-likeness (QED) is 0.275. The van der Waals surface area contributed by atoms with Gasteiger partial charge in [0.25, 0.3) is 0 Å². The van der Waals surface area contributed by atoms with E-state index in [1.54, 1.807) is 34.0 Å². The second kappa shape index (κ2) is 9.71. The van der Waals surface area contributed by atoms with Gasteiger partial charge in [-0.25, -0.2) is 9.18 Å². The molecule has 22 heavy (non-hydrogen) atoms. The maximum absolute atomic E-state index is 13.8. The number of hydrogen-bond acceptors (Lipinski definition) is 4. The fourth-order valence-electron chi connectivity index (χ4n) is 1.63. The number of halogens is 1. The molecular formula is C17H24FNO3. The Kier molecular flexibility index (Phi) is 8.75. The molecule has 1 aromatic carbocycles. The average Bonchev–Trinajstić information content (AvgIpc) is 2.48. The van der Waals surface area contributed by atoms with Crippen LogP contribution < -0.4 is 0 Å². The molecule has 0 saturated heterocycles. The van der Waals surface area contributed by atoms with E-state index >= 15 is 0 Å². The lowest BCUT2D eigenvalue weighted by Gasteiger charge is -2.11. The molecule has 1 rings (SSSR count). The normalized spacial score (nSPS) is 10.4. The standard InChI is InChI=1S/C15H18FNO3.C2H6/c1-5-20-15(19)12(9-17(3)4)14(18)11-8-10(2)6-7-13(11)16;1-2/h6-9H,5H2,1-4H3;1-2H3/b12-9-;. The summed E-state index contributed by atoms with van der Waals surface area (Å²) in [6, 6.07) is 4.19. The Labute approximate surface area is 131 Å².